The number of nitrogens with zero attached hydrogens (tertiary/aromatic N) is 6. The highest BCUT2D eigenvalue weighted by Crippen LogP contribution is 2.34. The minimum absolute atomic E-state index is 0.00248. The Balaban J connectivity index is 1.40. The molecule has 0 bridgehead atoms. The van der Waals surface area contributed by atoms with Crippen molar-refractivity contribution >= 4 is 28.5 Å². The van der Waals surface area contributed by atoms with Crippen molar-refractivity contribution in [3.8, 4) is 11.3 Å². The second-order valence-corrected chi connectivity index (χ2v) is 9.00. The molecule has 37 heavy (non-hydrogen) atoms. The number of anilines is 1. The van der Waals surface area contributed by atoms with Gasteiger partial charge in [0.1, 0.15) is 17.8 Å². The topological polar surface area (TPSA) is 120 Å². The standard InChI is InChI=1S/C27H26FN7O2/c1-2-22(37)34-14-4-5-19(15-34)35-27-23(26(29)31-16-32-27)24(33-35)18-10-7-17(8-11-18)9-12-21(36)20-6-3-13-30-25(20)28/h2-3,6-8,10-11,13,16,19H,1,4-5,9,12,14-15H2,(H2,29,31,32)/t19-/m1/s1. The number of piperidine rings is 1. The third kappa shape index (κ3) is 4.82. The number of Topliss-reactive ketones (excluding diaryl/α,β-unsaturated/α-hetero) is 1. The van der Waals surface area contributed by atoms with E-state index in [0.717, 1.165) is 24.0 Å². The van der Waals surface area contributed by atoms with Crippen LogP contribution in [-0.2, 0) is 11.2 Å². The second-order valence-electron chi connectivity index (χ2n) is 9.00. The van der Waals surface area contributed by atoms with Gasteiger partial charge in [-0.15, -0.1) is 0 Å². The SMILES string of the molecule is C=CC(=O)N1CCC[C@@H](n2nc(-c3ccc(CCC(=O)c4cccnc4F)cc3)c3c(N)ncnc32)C1. The second kappa shape index (κ2) is 10.3. The maximum atomic E-state index is 13.8. The highest BCUT2D eigenvalue weighted by molar-refractivity contribution is 5.98. The van der Waals surface area contributed by atoms with E-state index in [2.05, 4.69) is 21.5 Å². The molecule has 4 aromatic rings. The normalized spacial score (nSPS) is 15.6. The van der Waals surface area contributed by atoms with E-state index < -0.39 is 5.95 Å². The lowest BCUT2D eigenvalue weighted by molar-refractivity contribution is -0.127. The fraction of sp³-hybridized carbons (Fsp3) is 0.259. The fourth-order valence-corrected chi connectivity index (χ4v) is 4.75. The van der Waals surface area contributed by atoms with Crippen molar-refractivity contribution in [2.24, 2.45) is 0 Å². The molecular weight excluding hydrogens is 473 g/mol. The smallest absolute Gasteiger partial charge is 0.246 e. The van der Waals surface area contributed by atoms with Crippen LogP contribution >= 0.6 is 0 Å². The minimum atomic E-state index is -0.750. The molecule has 2 N–H and O–H groups in total. The van der Waals surface area contributed by atoms with E-state index in [1.165, 1.54) is 24.7 Å². The molecule has 3 aromatic heterocycles. The van der Waals surface area contributed by atoms with E-state index in [-0.39, 0.29) is 29.7 Å². The Hall–Kier alpha value is -4.47. The Bertz CT molecular complexity index is 1480. The lowest BCUT2D eigenvalue weighted by atomic mass is 10.0. The summed E-state index contributed by atoms with van der Waals surface area (Å²) < 4.78 is 15.6. The molecule has 1 atom stereocenters. The van der Waals surface area contributed by atoms with E-state index in [9.17, 15) is 14.0 Å². The van der Waals surface area contributed by atoms with Gasteiger partial charge >= 0.3 is 0 Å². The van der Waals surface area contributed by atoms with E-state index >= 15 is 0 Å². The van der Waals surface area contributed by atoms with Gasteiger partial charge in [-0.2, -0.15) is 9.49 Å². The minimum Gasteiger partial charge on any atom is -0.383 e. The van der Waals surface area contributed by atoms with Crippen LogP contribution in [0.2, 0.25) is 0 Å². The van der Waals surface area contributed by atoms with Gasteiger partial charge in [0.2, 0.25) is 11.9 Å². The van der Waals surface area contributed by atoms with Gasteiger partial charge < -0.3 is 10.6 Å². The number of nitrogens with two attached hydrogens (primary N) is 1. The van der Waals surface area contributed by atoms with Crippen molar-refractivity contribution in [2.75, 3.05) is 18.8 Å². The molecule has 5 rings (SSSR count). The first-order valence-electron chi connectivity index (χ1n) is 12.1. The lowest BCUT2D eigenvalue weighted by Crippen LogP contribution is -2.40. The summed E-state index contributed by atoms with van der Waals surface area (Å²) in [6.07, 6.45) is 6.39. The first-order valence-corrected chi connectivity index (χ1v) is 12.1. The number of aromatic nitrogens is 5. The van der Waals surface area contributed by atoms with Crippen LogP contribution in [-0.4, -0.2) is 54.4 Å². The number of carbonyl (C=O) groups is 2. The number of carbonyl (C=O) groups excluding carboxylic acids is 2. The summed E-state index contributed by atoms with van der Waals surface area (Å²) in [5, 5.41) is 5.54. The number of aryl methyl sites for hydroxylation is 1. The molecule has 0 saturated carbocycles. The van der Waals surface area contributed by atoms with Gasteiger partial charge in [0.25, 0.3) is 0 Å². The number of hydrogen-bond acceptors (Lipinski definition) is 7. The van der Waals surface area contributed by atoms with Crippen LogP contribution in [0.25, 0.3) is 22.3 Å². The molecule has 10 heteroatoms. The Kier molecular flexibility index (Phi) is 6.72. The van der Waals surface area contributed by atoms with Gasteiger partial charge in [0.05, 0.1) is 17.0 Å². The van der Waals surface area contributed by atoms with Crippen molar-refractivity contribution in [1.82, 2.24) is 29.6 Å². The zero-order chi connectivity index (χ0) is 25.9. The Morgan fingerprint density at radius 3 is 2.73 bits per heavy atom. The zero-order valence-corrected chi connectivity index (χ0v) is 20.2. The van der Waals surface area contributed by atoms with Crippen LogP contribution in [0, 0.1) is 5.95 Å². The molecule has 1 amide bonds. The number of hydrogen-bond donors (Lipinski definition) is 1. The number of ketones is 1. The van der Waals surface area contributed by atoms with Gasteiger partial charge in [-0.3, -0.25) is 9.59 Å². The summed E-state index contributed by atoms with van der Waals surface area (Å²) in [5.41, 5.74) is 9.29. The monoisotopic (exact) mass is 499 g/mol. The first-order chi connectivity index (χ1) is 18.0. The summed E-state index contributed by atoms with van der Waals surface area (Å²) in [5.74, 6) is -0.814. The molecule has 0 radical (unpaired) electrons. The molecule has 9 nitrogen and oxygen atoms in total. The van der Waals surface area contributed by atoms with Crippen LogP contribution in [0.5, 0.6) is 0 Å². The van der Waals surface area contributed by atoms with Crippen LogP contribution < -0.4 is 5.73 Å². The molecule has 0 spiro atoms. The molecule has 188 valence electrons. The van der Waals surface area contributed by atoms with Gasteiger partial charge in [-0.1, -0.05) is 30.8 Å². The number of nitrogen functional groups attached to an aromatic ring is 1. The maximum absolute atomic E-state index is 13.8. The number of halogens is 1. The number of pyridine rings is 1. The summed E-state index contributed by atoms with van der Waals surface area (Å²) in [4.78, 5) is 38.6. The van der Waals surface area contributed by atoms with E-state index in [4.69, 9.17) is 10.8 Å². The molecule has 0 unspecified atom stereocenters. The highest BCUT2D eigenvalue weighted by atomic mass is 19.1. The van der Waals surface area contributed by atoms with Crippen molar-refractivity contribution < 1.29 is 14.0 Å². The summed E-state index contributed by atoms with van der Waals surface area (Å²) in [7, 11) is 0. The number of benzene rings is 1. The van der Waals surface area contributed by atoms with Crippen molar-refractivity contribution in [2.45, 2.75) is 31.7 Å². The first kappa shape index (κ1) is 24.2. The Morgan fingerprint density at radius 1 is 1.16 bits per heavy atom. The molecule has 1 aliphatic heterocycles. The number of likely N-dealkylation sites (tertiary alicyclic amines) is 1. The van der Waals surface area contributed by atoms with Gasteiger partial charge in [0, 0.05) is 31.3 Å². The fourth-order valence-electron chi connectivity index (χ4n) is 4.75. The summed E-state index contributed by atoms with van der Waals surface area (Å²) >= 11 is 0. The zero-order valence-electron chi connectivity index (χ0n) is 20.2. The van der Waals surface area contributed by atoms with Gasteiger partial charge in [-0.05, 0) is 43.0 Å². The summed E-state index contributed by atoms with van der Waals surface area (Å²) in [6.45, 7) is 4.79. The van der Waals surface area contributed by atoms with Crippen LogP contribution in [0.1, 0.15) is 41.2 Å². The molecule has 1 saturated heterocycles. The summed E-state index contributed by atoms with van der Waals surface area (Å²) in [6, 6.07) is 10.6. The average Bonchev–Trinajstić information content (AvgIpc) is 3.33. The highest BCUT2D eigenvalue weighted by Gasteiger charge is 2.28. The predicted octanol–water partition coefficient (Wildman–Crippen LogP) is 3.77. The predicted molar refractivity (Wildman–Crippen MR) is 137 cm³/mol. The Morgan fingerprint density at radius 2 is 1.97 bits per heavy atom. The van der Waals surface area contributed by atoms with Crippen molar-refractivity contribution in [3.05, 3.63) is 78.7 Å². The largest absolute Gasteiger partial charge is 0.383 e. The number of rotatable bonds is 7. The third-order valence-electron chi connectivity index (χ3n) is 6.67. The van der Waals surface area contributed by atoms with Crippen LogP contribution in [0.15, 0.2) is 61.6 Å². The van der Waals surface area contributed by atoms with Crippen molar-refractivity contribution in [1.29, 1.82) is 0 Å². The van der Waals surface area contributed by atoms with E-state index in [0.29, 0.717) is 42.1 Å². The van der Waals surface area contributed by atoms with Crippen LogP contribution in [0.4, 0.5) is 10.2 Å². The average molecular weight is 500 g/mol. The molecular formula is C27H26FN7O2. The molecule has 4 heterocycles. The van der Waals surface area contributed by atoms with Crippen molar-refractivity contribution in [3.63, 3.8) is 0 Å². The van der Waals surface area contributed by atoms with Gasteiger partial charge in [-0.25, -0.2) is 19.6 Å². The molecule has 0 aliphatic carbocycles. The Labute approximate surface area is 212 Å². The van der Waals surface area contributed by atoms with Gasteiger partial charge in [0.15, 0.2) is 11.4 Å². The molecule has 1 aromatic carbocycles. The quantitative estimate of drug-likeness (QED) is 0.233. The molecule has 1 fully saturated rings. The molecule has 1 aliphatic rings. The number of amides is 1. The maximum Gasteiger partial charge on any atom is 0.246 e. The lowest BCUT2D eigenvalue weighted by Gasteiger charge is -2.32. The third-order valence-corrected chi connectivity index (χ3v) is 6.67. The van der Waals surface area contributed by atoms with E-state index in [1.54, 1.807) is 11.0 Å². The van der Waals surface area contributed by atoms with Crippen LogP contribution in [0.3, 0.4) is 0 Å². The van der Waals surface area contributed by atoms with E-state index in [1.807, 2.05) is 28.9 Å². The number of fused-ring (bicyclic) bond motifs is 1.